The third-order valence-corrected chi connectivity index (χ3v) is 3.48. The fourth-order valence-corrected chi connectivity index (χ4v) is 1.97. The van der Waals surface area contributed by atoms with Crippen molar-refractivity contribution in [3.05, 3.63) is 88.4 Å². The van der Waals surface area contributed by atoms with Gasteiger partial charge in [-0.2, -0.15) is 0 Å². The van der Waals surface area contributed by atoms with Crippen LogP contribution in [-0.4, -0.2) is 33.0 Å². The van der Waals surface area contributed by atoms with Crippen LogP contribution in [0.2, 0.25) is 0 Å². The first kappa shape index (κ1) is 17.8. The Bertz CT molecular complexity index is 643. The molecule has 2 aromatic heterocycles. The minimum atomic E-state index is 0.780. The van der Waals surface area contributed by atoms with E-state index in [0.29, 0.717) is 0 Å². The van der Waals surface area contributed by atoms with Crippen molar-refractivity contribution in [1.82, 2.24) is 9.97 Å². The Balaban J connectivity index is 0.000000157. The molecule has 0 saturated carbocycles. The molecule has 0 spiro atoms. The minimum absolute atomic E-state index is 0.780. The number of hydrogen-bond donors (Lipinski definition) is 2. The van der Waals surface area contributed by atoms with Crippen LogP contribution in [0.25, 0.3) is 0 Å². The molecule has 3 rings (SSSR count). The predicted octanol–water partition coefficient (Wildman–Crippen LogP) is 3.97. The van der Waals surface area contributed by atoms with Crippen LogP contribution >= 0.6 is 24.4 Å². The molecule has 106 valence electrons. The fourth-order valence-electron chi connectivity index (χ4n) is 1.18. The zero-order valence-electron chi connectivity index (χ0n) is 11.3. The van der Waals surface area contributed by atoms with E-state index in [1.165, 1.54) is 3.51 Å². The van der Waals surface area contributed by atoms with Gasteiger partial charge in [-0.25, -0.2) is 0 Å². The van der Waals surface area contributed by atoms with Crippen LogP contribution in [0.4, 0.5) is 0 Å². The Morgan fingerprint density at radius 3 is 1.24 bits per heavy atom. The second-order valence-corrected chi connectivity index (χ2v) is 6.14. The Morgan fingerprint density at radius 1 is 0.619 bits per heavy atom. The van der Waals surface area contributed by atoms with Crippen LogP contribution < -0.4 is 3.51 Å². The topological polar surface area (TPSA) is 31.6 Å². The van der Waals surface area contributed by atoms with E-state index in [1.807, 2.05) is 67.0 Å². The van der Waals surface area contributed by atoms with E-state index < -0.39 is 0 Å². The SMILES string of the molecule is S=c1cccc[nH]1.S=c1cccc[nH]1.[Sb][c]1ccccc1. The molecule has 0 aliphatic heterocycles. The second kappa shape index (κ2) is 11.4. The van der Waals surface area contributed by atoms with Crippen LogP contribution in [-0.2, 0) is 0 Å². The van der Waals surface area contributed by atoms with Gasteiger partial charge in [-0.15, -0.1) is 0 Å². The molecule has 0 fully saturated rings. The maximum atomic E-state index is 4.76. The van der Waals surface area contributed by atoms with Crippen molar-refractivity contribution in [3.8, 4) is 0 Å². The molecular weight excluding hydrogens is 406 g/mol. The number of benzene rings is 1. The van der Waals surface area contributed by atoms with Crippen molar-refractivity contribution < 1.29 is 0 Å². The van der Waals surface area contributed by atoms with Crippen molar-refractivity contribution in [2.24, 2.45) is 0 Å². The second-order valence-electron chi connectivity index (χ2n) is 3.79. The number of H-pyrrole nitrogens is 2. The molecule has 0 bridgehead atoms. The number of rotatable bonds is 0. The van der Waals surface area contributed by atoms with Gasteiger partial charge in [0, 0.05) is 12.4 Å². The van der Waals surface area contributed by atoms with Gasteiger partial charge >= 0.3 is 56.9 Å². The number of aromatic nitrogens is 2. The van der Waals surface area contributed by atoms with Crippen LogP contribution in [0.3, 0.4) is 0 Å². The standard InChI is InChI=1S/C6H5.2C5H5NS.Sb/c1-2-4-6-5-3-1;2*7-5-3-1-2-4-6-5;/h1-5H;2*1-4H,(H,6,7);. The number of hydrogen-bond acceptors (Lipinski definition) is 2. The van der Waals surface area contributed by atoms with Crippen LogP contribution in [0.15, 0.2) is 79.1 Å². The summed E-state index contributed by atoms with van der Waals surface area (Å²) in [6.45, 7) is 0. The molecule has 2 nitrogen and oxygen atoms in total. The van der Waals surface area contributed by atoms with Crippen molar-refractivity contribution in [1.29, 1.82) is 0 Å². The Kier molecular flexibility index (Phi) is 9.71. The van der Waals surface area contributed by atoms with Gasteiger partial charge in [-0.1, -0.05) is 36.6 Å². The molecule has 3 aromatic rings. The molecule has 1 aromatic carbocycles. The molecule has 0 atom stereocenters. The van der Waals surface area contributed by atoms with Crippen molar-refractivity contribution in [2.45, 2.75) is 0 Å². The molecule has 2 heterocycles. The molecule has 2 N–H and O–H groups in total. The van der Waals surface area contributed by atoms with Crippen molar-refractivity contribution in [3.63, 3.8) is 0 Å². The van der Waals surface area contributed by atoms with Gasteiger partial charge in [-0.05, 0) is 24.3 Å². The summed E-state index contributed by atoms with van der Waals surface area (Å²) in [5.41, 5.74) is 0. The number of aromatic amines is 2. The Labute approximate surface area is 148 Å². The Morgan fingerprint density at radius 2 is 1.05 bits per heavy atom. The molecule has 0 aliphatic rings. The summed E-state index contributed by atoms with van der Waals surface area (Å²) in [7, 11) is 0. The van der Waals surface area contributed by atoms with Crippen LogP contribution in [0.1, 0.15) is 0 Å². The van der Waals surface area contributed by atoms with Gasteiger partial charge < -0.3 is 9.97 Å². The quantitative estimate of drug-likeness (QED) is 0.426. The van der Waals surface area contributed by atoms with Gasteiger partial charge in [0.05, 0.1) is 0 Å². The average molecular weight is 421 g/mol. The van der Waals surface area contributed by atoms with Gasteiger partial charge in [-0.3, -0.25) is 0 Å². The van der Waals surface area contributed by atoms with Gasteiger partial charge in [0.1, 0.15) is 9.28 Å². The molecule has 0 aliphatic carbocycles. The van der Waals surface area contributed by atoms with E-state index in [4.69, 9.17) is 24.4 Å². The monoisotopic (exact) mass is 420 g/mol. The van der Waals surface area contributed by atoms with Gasteiger partial charge in [0.2, 0.25) is 0 Å². The van der Waals surface area contributed by atoms with E-state index in [1.54, 1.807) is 23.0 Å². The zero-order chi connectivity index (χ0) is 15.3. The summed E-state index contributed by atoms with van der Waals surface area (Å²) in [4.78, 5) is 5.69. The molecule has 21 heavy (non-hydrogen) atoms. The van der Waals surface area contributed by atoms with E-state index in [2.05, 4.69) is 22.1 Å². The summed E-state index contributed by atoms with van der Waals surface area (Å²) < 4.78 is 2.93. The van der Waals surface area contributed by atoms with Crippen molar-refractivity contribution >= 4 is 51.0 Å². The van der Waals surface area contributed by atoms with Crippen molar-refractivity contribution in [2.75, 3.05) is 0 Å². The first-order chi connectivity index (χ1) is 10.2. The summed E-state index contributed by atoms with van der Waals surface area (Å²) in [6, 6.07) is 21.6. The summed E-state index contributed by atoms with van der Waals surface area (Å²) >= 11 is 11.3. The molecule has 0 unspecified atom stereocenters. The van der Waals surface area contributed by atoms with E-state index in [0.717, 1.165) is 9.28 Å². The molecular formula is C16H15N2S2Sb. The van der Waals surface area contributed by atoms with E-state index in [-0.39, 0.29) is 0 Å². The molecule has 0 amide bonds. The van der Waals surface area contributed by atoms with Crippen LogP contribution in [0.5, 0.6) is 0 Å². The molecule has 2 radical (unpaired) electrons. The Hall–Kier alpha value is -1.22. The summed E-state index contributed by atoms with van der Waals surface area (Å²) in [6.07, 6.45) is 3.62. The summed E-state index contributed by atoms with van der Waals surface area (Å²) in [5, 5.41) is 0. The first-order valence-electron chi connectivity index (χ1n) is 6.20. The average Bonchev–Trinajstić information content (AvgIpc) is 2.51. The third-order valence-electron chi connectivity index (χ3n) is 2.12. The van der Waals surface area contributed by atoms with E-state index in [9.17, 15) is 0 Å². The van der Waals surface area contributed by atoms with Crippen LogP contribution in [0, 0.1) is 9.28 Å². The molecule has 0 saturated heterocycles. The van der Waals surface area contributed by atoms with Gasteiger partial charge in [0.25, 0.3) is 0 Å². The number of pyridine rings is 2. The first-order valence-corrected chi connectivity index (χ1v) is 8.29. The molecule has 5 heteroatoms. The third kappa shape index (κ3) is 10.2. The summed E-state index contributed by atoms with van der Waals surface area (Å²) in [5.74, 6) is 0. The van der Waals surface area contributed by atoms with E-state index >= 15 is 0 Å². The fraction of sp³-hybridized carbons (Fsp3) is 0. The number of nitrogens with one attached hydrogen (secondary N) is 2. The maximum absolute atomic E-state index is 4.76. The normalized spacial score (nSPS) is 8.62. The zero-order valence-corrected chi connectivity index (χ0v) is 15.5. The van der Waals surface area contributed by atoms with Gasteiger partial charge in [0.15, 0.2) is 0 Å². The predicted molar refractivity (Wildman–Crippen MR) is 95.1 cm³/mol.